The van der Waals surface area contributed by atoms with Crippen LogP contribution in [0.15, 0.2) is 18.2 Å². The Hall–Kier alpha value is -1.91. The molecule has 1 aromatic carbocycles. The molecule has 140 valence electrons. The number of methoxy groups -OCH3 is 2. The molecule has 1 saturated carbocycles. The van der Waals surface area contributed by atoms with Gasteiger partial charge in [0.2, 0.25) is 0 Å². The minimum Gasteiger partial charge on any atom is -0.493 e. The highest BCUT2D eigenvalue weighted by Gasteiger charge is 2.33. The van der Waals surface area contributed by atoms with Gasteiger partial charge in [-0.1, -0.05) is 6.07 Å². The van der Waals surface area contributed by atoms with Gasteiger partial charge >= 0.3 is 6.03 Å². The van der Waals surface area contributed by atoms with Gasteiger partial charge in [0, 0.05) is 26.7 Å². The lowest BCUT2D eigenvalue weighted by Gasteiger charge is -2.28. The smallest absolute Gasteiger partial charge is 0.319 e. The van der Waals surface area contributed by atoms with Crippen LogP contribution in [0.1, 0.15) is 44.6 Å². The summed E-state index contributed by atoms with van der Waals surface area (Å²) in [7, 11) is 5.23. The molecule has 0 saturated heterocycles. The Balaban J connectivity index is 2.06. The number of urea groups is 1. The third-order valence-electron chi connectivity index (χ3n) is 5.16. The fourth-order valence-electron chi connectivity index (χ4n) is 3.42. The van der Waals surface area contributed by atoms with Crippen LogP contribution in [0, 0.1) is 5.92 Å². The average Bonchev–Trinajstić information content (AvgIpc) is 3.47. The van der Waals surface area contributed by atoms with Crippen LogP contribution in [-0.4, -0.2) is 56.7 Å². The first kappa shape index (κ1) is 19.4. The van der Waals surface area contributed by atoms with Gasteiger partial charge in [0.25, 0.3) is 0 Å². The van der Waals surface area contributed by atoms with Crippen LogP contribution in [0.25, 0.3) is 0 Å². The summed E-state index contributed by atoms with van der Waals surface area (Å²) in [6.45, 7) is 6.31. The maximum absolute atomic E-state index is 12.4. The molecule has 1 unspecified atom stereocenters. The van der Waals surface area contributed by atoms with Crippen molar-refractivity contribution < 1.29 is 14.3 Å². The summed E-state index contributed by atoms with van der Waals surface area (Å²) in [5, 5.41) is 0. The number of carbonyl (C=O) groups is 1. The molecule has 1 aliphatic rings. The number of hydrogen-bond acceptors (Lipinski definition) is 3. The number of nitrogens with zero attached hydrogens (tertiary/aromatic N) is 2. The summed E-state index contributed by atoms with van der Waals surface area (Å²) >= 11 is 0. The maximum Gasteiger partial charge on any atom is 0.319 e. The molecule has 1 atom stereocenters. The Morgan fingerprint density at radius 3 is 2.32 bits per heavy atom. The van der Waals surface area contributed by atoms with Gasteiger partial charge in [-0.2, -0.15) is 0 Å². The van der Waals surface area contributed by atoms with Crippen molar-refractivity contribution in [3.05, 3.63) is 23.8 Å². The second-order valence-electron chi connectivity index (χ2n) is 6.72. The van der Waals surface area contributed by atoms with E-state index >= 15 is 0 Å². The van der Waals surface area contributed by atoms with Crippen LogP contribution >= 0.6 is 0 Å². The Kier molecular flexibility index (Phi) is 6.97. The molecule has 0 spiro atoms. The number of amides is 2. The van der Waals surface area contributed by atoms with E-state index in [4.69, 9.17) is 9.47 Å². The molecule has 2 amide bonds. The average molecular weight is 348 g/mol. The van der Waals surface area contributed by atoms with E-state index in [1.807, 2.05) is 36.8 Å². The third-order valence-corrected chi connectivity index (χ3v) is 5.16. The Morgan fingerprint density at radius 2 is 1.80 bits per heavy atom. The monoisotopic (exact) mass is 348 g/mol. The van der Waals surface area contributed by atoms with Gasteiger partial charge in [0.05, 0.1) is 14.2 Å². The summed E-state index contributed by atoms with van der Waals surface area (Å²) in [6.07, 6.45) is 3.52. The maximum atomic E-state index is 12.4. The minimum atomic E-state index is 0.117. The van der Waals surface area contributed by atoms with Gasteiger partial charge in [-0.05, 0) is 62.6 Å². The molecule has 0 bridgehead atoms. The molecule has 25 heavy (non-hydrogen) atoms. The predicted octanol–water partition coefficient (Wildman–Crippen LogP) is 3.98. The van der Waals surface area contributed by atoms with Gasteiger partial charge in [0.15, 0.2) is 11.5 Å². The number of ether oxygens (including phenoxy) is 2. The topological polar surface area (TPSA) is 42.0 Å². The highest BCUT2D eigenvalue weighted by molar-refractivity contribution is 5.74. The van der Waals surface area contributed by atoms with Crippen molar-refractivity contribution in [1.82, 2.24) is 9.80 Å². The first-order valence-electron chi connectivity index (χ1n) is 9.27. The number of benzene rings is 1. The van der Waals surface area contributed by atoms with Crippen LogP contribution in [0.2, 0.25) is 0 Å². The molecule has 1 fully saturated rings. The zero-order valence-corrected chi connectivity index (χ0v) is 16.2. The van der Waals surface area contributed by atoms with E-state index in [1.54, 1.807) is 14.2 Å². The predicted molar refractivity (Wildman–Crippen MR) is 101 cm³/mol. The summed E-state index contributed by atoms with van der Waals surface area (Å²) < 4.78 is 10.8. The van der Waals surface area contributed by atoms with Crippen LogP contribution in [-0.2, 0) is 0 Å². The molecule has 0 radical (unpaired) electrons. The second-order valence-corrected chi connectivity index (χ2v) is 6.72. The molecule has 0 N–H and O–H groups in total. The molecular weight excluding hydrogens is 316 g/mol. The molecule has 0 heterocycles. The van der Waals surface area contributed by atoms with Crippen LogP contribution in [0.4, 0.5) is 4.79 Å². The van der Waals surface area contributed by atoms with Crippen molar-refractivity contribution in [3.8, 4) is 11.5 Å². The van der Waals surface area contributed by atoms with E-state index < -0.39 is 0 Å². The number of carbonyl (C=O) groups excluding carboxylic acids is 1. The Bertz CT molecular complexity index is 568. The summed E-state index contributed by atoms with van der Waals surface area (Å²) in [5.41, 5.74) is 1.28. The van der Waals surface area contributed by atoms with Crippen molar-refractivity contribution in [2.24, 2.45) is 5.92 Å². The van der Waals surface area contributed by atoms with Crippen LogP contribution in [0.5, 0.6) is 11.5 Å². The molecule has 0 aromatic heterocycles. The van der Waals surface area contributed by atoms with E-state index in [2.05, 4.69) is 12.1 Å². The zero-order valence-electron chi connectivity index (χ0n) is 16.2. The van der Waals surface area contributed by atoms with E-state index in [9.17, 15) is 4.79 Å². The fraction of sp³-hybridized carbons (Fsp3) is 0.650. The summed E-state index contributed by atoms with van der Waals surface area (Å²) in [4.78, 5) is 16.2. The van der Waals surface area contributed by atoms with Crippen LogP contribution < -0.4 is 9.47 Å². The molecule has 5 nitrogen and oxygen atoms in total. The zero-order chi connectivity index (χ0) is 18.4. The molecule has 2 rings (SSSR count). The van der Waals surface area contributed by atoms with E-state index in [1.165, 1.54) is 18.4 Å². The van der Waals surface area contributed by atoms with Crippen molar-refractivity contribution >= 4 is 6.03 Å². The largest absolute Gasteiger partial charge is 0.493 e. The van der Waals surface area contributed by atoms with Gasteiger partial charge in [-0.25, -0.2) is 4.79 Å². The first-order valence-corrected chi connectivity index (χ1v) is 9.27. The molecule has 0 aliphatic heterocycles. The highest BCUT2D eigenvalue weighted by Crippen LogP contribution is 2.46. The number of rotatable bonds is 9. The molecule has 5 heteroatoms. The van der Waals surface area contributed by atoms with Crippen molar-refractivity contribution in [1.29, 1.82) is 0 Å². The van der Waals surface area contributed by atoms with E-state index in [-0.39, 0.29) is 6.03 Å². The van der Waals surface area contributed by atoms with Gasteiger partial charge in [-0.15, -0.1) is 0 Å². The van der Waals surface area contributed by atoms with Crippen molar-refractivity contribution in [2.75, 3.05) is 40.9 Å². The Morgan fingerprint density at radius 1 is 1.16 bits per heavy atom. The van der Waals surface area contributed by atoms with Gasteiger partial charge in [0.1, 0.15) is 0 Å². The summed E-state index contributed by atoms with van der Waals surface area (Å²) in [6, 6.07) is 6.32. The highest BCUT2D eigenvalue weighted by atomic mass is 16.5. The quantitative estimate of drug-likeness (QED) is 0.678. The first-order chi connectivity index (χ1) is 12.0. The molecule has 1 aromatic rings. The minimum absolute atomic E-state index is 0.117. The van der Waals surface area contributed by atoms with E-state index in [0.29, 0.717) is 5.92 Å². The van der Waals surface area contributed by atoms with E-state index in [0.717, 1.165) is 43.5 Å². The summed E-state index contributed by atoms with van der Waals surface area (Å²) in [5.74, 6) is 2.72. The molecule has 1 aliphatic carbocycles. The fourth-order valence-corrected chi connectivity index (χ4v) is 3.42. The number of hydrogen-bond donors (Lipinski definition) is 0. The van der Waals surface area contributed by atoms with Gasteiger partial charge in [-0.3, -0.25) is 0 Å². The third kappa shape index (κ3) is 4.80. The lowest BCUT2D eigenvalue weighted by atomic mass is 9.90. The normalized spacial score (nSPS) is 14.8. The van der Waals surface area contributed by atoms with Crippen molar-refractivity contribution in [3.63, 3.8) is 0 Å². The standard InChI is InChI=1S/C20H32N2O3/c1-6-22(7-2)20(23)21(3)13-12-17(15-8-9-15)16-10-11-18(24-4)19(14-16)25-5/h10-11,14-15,17H,6-9,12-13H2,1-5H3. The lowest BCUT2D eigenvalue weighted by Crippen LogP contribution is -2.41. The van der Waals surface area contributed by atoms with Crippen LogP contribution in [0.3, 0.4) is 0 Å². The molecular formula is C20H32N2O3. The van der Waals surface area contributed by atoms with Gasteiger partial charge < -0.3 is 19.3 Å². The second kappa shape index (κ2) is 8.97. The van der Waals surface area contributed by atoms with Crippen molar-refractivity contribution in [2.45, 2.75) is 39.0 Å². The Labute approximate surface area is 151 Å². The lowest BCUT2D eigenvalue weighted by molar-refractivity contribution is 0.166. The SMILES string of the molecule is CCN(CC)C(=O)N(C)CCC(c1ccc(OC)c(OC)c1)C1CC1.